The first kappa shape index (κ1) is 17.8. The molecule has 6 nitrogen and oxygen atoms in total. The lowest BCUT2D eigenvalue weighted by atomic mass is 10.2. The highest BCUT2D eigenvalue weighted by Crippen LogP contribution is 2.23. The predicted octanol–water partition coefficient (Wildman–Crippen LogP) is 4.20. The smallest absolute Gasteiger partial charge is 0.206 e. The molecule has 2 aromatic heterocycles. The topological polar surface area (TPSA) is 83.2 Å². The van der Waals surface area contributed by atoms with Crippen LogP contribution in [0.4, 0.5) is 0 Å². The van der Waals surface area contributed by atoms with Crippen LogP contribution >= 0.6 is 11.3 Å². The number of phenolic OH excluding ortho intramolecular Hbond substituents is 2. The zero-order chi connectivity index (χ0) is 19.3. The maximum atomic E-state index is 9.99. The molecule has 0 amide bonds. The maximum absolute atomic E-state index is 9.99. The first-order valence-corrected chi connectivity index (χ1v) is 9.44. The molecule has 0 bridgehead atoms. The Morgan fingerprint density at radius 2 is 1.89 bits per heavy atom. The van der Waals surface area contributed by atoms with Crippen molar-refractivity contribution < 1.29 is 14.6 Å². The Bertz CT molecular complexity index is 1160. The van der Waals surface area contributed by atoms with Crippen molar-refractivity contribution in [1.29, 1.82) is 0 Å². The average Bonchev–Trinajstić information content (AvgIpc) is 3.36. The number of benzene rings is 2. The van der Waals surface area contributed by atoms with Gasteiger partial charge in [0.05, 0.1) is 19.0 Å². The van der Waals surface area contributed by atoms with Gasteiger partial charge in [0, 0.05) is 17.0 Å². The van der Waals surface area contributed by atoms with Gasteiger partial charge in [-0.15, -0.1) is 11.3 Å². The molecule has 0 aliphatic carbocycles. The third-order valence-corrected chi connectivity index (χ3v) is 4.88. The normalized spacial score (nSPS) is 12.1. The van der Waals surface area contributed by atoms with Crippen LogP contribution < -0.4 is 4.80 Å². The highest BCUT2D eigenvalue weighted by atomic mass is 32.1. The summed E-state index contributed by atoms with van der Waals surface area (Å²) in [6, 6.07) is 18.0. The van der Waals surface area contributed by atoms with E-state index in [1.54, 1.807) is 17.0 Å². The lowest BCUT2D eigenvalue weighted by Gasteiger charge is -2.02. The molecule has 0 saturated carbocycles. The summed E-state index contributed by atoms with van der Waals surface area (Å²) in [5.41, 5.74) is 2.34. The lowest BCUT2D eigenvalue weighted by molar-refractivity contribution is 0.450. The van der Waals surface area contributed by atoms with Crippen LogP contribution in [-0.2, 0) is 6.54 Å². The maximum Gasteiger partial charge on any atom is 0.206 e. The van der Waals surface area contributed by atoms with Gasteiger partial charge in [-0.25, -0.2) is 4.68 Å². The van der Waals surface area contributed by atoms with Crippen LogP contribution in [0.15, 0.2) is 86.8 Å². The summed E-state index contributed by atoms with van der Waals surface area (Å²) in [5, 5.41) is 25.9. The number of hydrogen-bond donors (Lipinski definition) is 2. The minimum absolute atomic E-state index is 0.00680. The van der Waals surface area contributed by atoms with Gasteiger partial charge in [0.2, 0.25) is 4.80 Å². The van der Waals surface area contributed by atoms with Crippen LogP contribution in [0.3, 0.4) is 0 Å². The number of rotatable bonds is 5. The summed E-state index contributed by atoms with van der Waals surface area (Å²) in [6.45, 7) is 0.527. The monoisotopic (exact) mass is 391 g/mol. The van der Waals surface area contributed by atoms with Gasteiger partial charge in [-0.05, 0) is 29.8 Å². The third kappa shape index (κ3) is 3.89. The van der Waals surface area contributed by atoms with Crippen molar-refractivity contribution >= 4 is 17.6 Å². The zero-order valence-electron chi connectivity index (χ0n) is 14.8. The number of hydrogen-bond acceptors (Lipinski definition) is 6. The average molecular weight is 391 g/mol. The molecule has 28 heavy (non-hydrogen) atoms. The summed E-state index contributed by atoms with van der Waals surface area (Å²) in [7, 11) is 0. The lowest BCUT2D eigenvalue weighted by Crippen LogP contribution is -2.12. The van der Waals surface area contributed by atoms with E-state index in [4.69, 9.17) is 4.42 Å². The molecule has 7 heteroatoms. The Morgan fingerprint density at radius 3 is 2.64 bits per heavy atom. The quantitative estimate of drug-likeness (QED) is 0.500. The first-order chi connectivity index (χ1) is 13.7. The zero-order valence-corrected chi connectivity index (χ0v) is 15.6. The Hall–Kier alpha value is -3.58. The molecule has 0 fully saturated rings. The predicted molar refractivity (Wildman–Crippen MR) is 108 cm³/mol. The van der Waals surface area contributed by atoms with E-state index in [1.807, 2.05) is 47.8 Å². The largest absolute Gasteiger partial charge is 0.508 e. The highest BCUT2D eigenvalue weighted by Gasteiger charge is 2.10. The summed E-state index contributed by atoms with van der Waals surface area (Å²) in [4.78, 5) is 5.38. The fourth-order valence-electron chi connectivity index (χ4n) is 2.62. The van der Waals surface area contributed by atoms with Gasteiger partial charge in [0.15, 0.2) is 5.76 Å². The van der Waals surface area contributed by atoms with Crippen molar-refractivity contribution in [3.8, 4) is 23.0 Å². The molecular formula is C21H17N3O3S. The van der Waals surface area contributed by atoms with Crippen molar-refractivity contribution in [3.05, 3.63) is 88.2 Å². The second-order valence-corrected chi connectivity index (χ2v) is 6.82. The van der Waals surface area contributed by atoms with Crippen molar-refractivity contribution in [2.45, 2.75) is 6.54 Å². The number of phenols is 2. The summed E-state index contributed by atoms with van der Waals surface area (Å²) < 4.78 is 7.19. The van der Waals surface area contributed by atoms with E-state index in [0.717, 1.165) is 11.3 Å². The molecule has 2 heterocycles. The van der Waals surface area contributed by atoms with Gasteiger partial charge < -0.3 is 14.6 Å². The fourth-order valence-corrected chi connectivity index (χ4v) is 3.43. The van der Waals surface area contributed by atoms with Crippen molar-refractivity contribution in [1.82, 2.24) is 4.68 Å². The molecular weight excluding hydrogens is 374 g/mol. The van der Waals surface area contributed by atoms with Gasteiger partial charge in [-0.1, -0.05) is 30.3 Å². The molecule has 0 unspecified atom stereocenters. The SMILES string of the molecule is Oc1ccc(/C=N/n2c(-c3ccco3)csc2=NCc2ccccc2)c(O)c1. The van der Waals surface area contributed by atoms with Crippen LogP contribution in [0, 0.1) is 0 Å². The Balaban J connectivity index is 1.74. The van der Waals surface area contributed by atoms with Gasteiger partial charge in [0.1, 0.15) is 17.2 Å². The molecule has 4 aromatic rings. The molecule has 0 spiro atoms. The summed E-state index contributed by atoms with van der Waals surface area (Å²) in [6.07, 6.45) is 3.13. The van der Waals surface area contributed by atoms with E-state index < -0.39 is 0 Å². The van der Waals surface area contributed by atoms with E-state index in [0.29, 0.717) is 22.7 Å². The Morgan fingerprint density at radius 1 is 1.04 bits per heavy atom. The molecule has 2 aromatic carbocycles. The Labute approximate surface area is 165 Å². The van der Waals surface area contributed by atoms with E-state index in [-0.39, 0.29) is 11.5 Å². The van der Waals surface area contributed by atoms with E-state index in [2.05, 4.69) is 10.1 Å². The molecule has 0 radical (unpaired) electrons. The van der Waals surface area contributed by atoms with E-state index >= 15 is 0 Å². The fraction of sp³-hybridized carbons (Fsp3) is 0.0476. The third-order valence-electron chi connectivity index (χ3n) is 4.02. The molecule has 0 aliphatic heterocycles. The minimum Gasteiger partial charge on any atom is -0.508 e. The van der Waals surface area contributed by atoms with Crippen LogP contribution in [0.2, 0.25) is 0 Å². The summed E-state index contributed by atoms with van der Waals surface area (Å²) >= 11 is 1.46. The standard InChI is InChI=1S/C21H17N3O3S/c25-17-9-8-16(19(26)11-17)13-23-24-18(20-7-4-10-27-20)14-28-21(24)22-12-15-5-2-1-3-6-15/h1-11,13-14,25-26H,12H2/b22-21?,23-13+. The van der Waals surface area contributed by atoms with E-state index in [1.165, 1.54) is 29.7 Å². The highest BCUT2D eigenvalue weighted by molar-refractivity contribution is 7.07. The van der Waals surface area contributed by atoms with Gasteiger partial charge >= 0.3 is 0 Å². The van der Waals surface area contributed by atoms with Crippen molar-refractivity contribution in [2.24, 2.45) is 10.1 Å². The van der Waals surface area contributed by atoms with Crippen LogP contribution in [0.1, 0.15) is 11.1 Å². The van der Waals surface area contributed by atoms with Gasteiger partial charge in [0.25, 0.3) is 0 Å². The molecule has 0 saturated heterocycles. The van der Waals surface area contributed by atoms with Crippen molar-refractivity contribution in [3.63, 3.8) is 0 Å². The van der Waals surface area contributed by atoms with Crippen LogP contribution in [0.25, 0.3) is 11.5 Å². The minimum atomic E-state index is -0.0538. The molecule has 140 valence electrons. The second-order valence-electron chi connectivity index (χ2n) is 5.98. The number of furan rings is 1. The number of aromatic nitrogens is 1. The van der Waals surface area contributed by atoms with E-state index in [9.17, 15) is 10.2 Å². The number of aromatic hydroxyl groups is 2. The molecule has 2 N–H and O–H groups in total. The summed E-state index contributed by atoms with van der Waals surface area (Å²) in [5.74, 6) is 0.610. The van der Waals surface area contributed by atoms with Crippen LogP contribution in [-0.4, -0.2) is 21.1 Å². The van der Waals surface area contributed by atoms with Gasteiger partial charge in [-0.2, -0.15) is 5.10 Å². The molecule has 0 aliphatic rings. The van der Waals surface area contributed by atoms with Gasteiger partial charge in [-0.3, -0.25) is 4.99 Å². The number of thiazole rings is 1. The molecule has 0 atom stereocenters. The Kier molecular flexibility index (Phi) is 5.07. The van der Waals surface area contributed by atoms with Crippen molar-refractivity contribution in [2.75, 3.05) is 0 Å². The molecule has 4 rings (SSSR count). The number of nitrogens with zero attached hydrogens (tertiary/aromatic N) is 3. The second kappa shape index (κ2) is 7.98. The first-order valence-electron chi connectivity index (χ1n) is 8.56. The van der Waals surface area contributed by atoms with Crippen LogP contribution in [0.5, 0.6) is 11.5 Å².